The van der Waals surface area contributed by atoms with Gasteiger partial charge in [0, 0.05) is 31.0 Å². The molecule has 2 N–H and O–H groups in total. The van der Waals surface area contributed by atoms with Gasteiger partial charge in [-0.15, -0.1) is 0 Å². The molecule has 0 radical (unpaired) electrons. The number of rotatable bonds is 8. The Balaban J connectivity index is 1.53. The summed E-state index contributed by atoms with van der Waals surface area (Å²) in [5, 5.41) is 0.752. The lowest BCUT2D eigenvalue weighted by Crippen LogP contribution is -2.19. The number of hydrogen-bond acceptors (Lipinski definition) is 6. The lowest BCUT2D eigenvalue weighted by atomic mass is 10.0. The molecule has 1 amide bonds. The number of carbonyl (C=O) groups excluding carboxylic acids is 2. The van der Waals surface area contributed by atoms with E-state index >= 15 is 0 Å². The second-order valence-corrected chi connectivity index (χ2v) is 7.77. The third kappa shape index (κ3) is 4.82. The van der Waals surface area contributed by atoms with Gasteiger partial charge in [0.25, 0.3) is 5.91 Å². The van der Waals surface area contributed by atoms with Crippen molar-refractivity contribution in [1.29, 1.82) is 0 Å². The number of ether oxygens (including phenoxy) is 1. The number of carbonyl (C=O) groups is 2. The summed E-state index contributed by atoms with van der Waals surface area (Å²) < 4.78 is 5.15. The van der Waals surface area contributed by atoms with Crippen LogP contribution in [0.1, 0.15) is 31.8 Å². The number of fused-ring (bicyclic) bond motifs is 1. The number of Topliss-reactive ketones (excluding diaryl/α,β-unsaturated/α-hetero) is 1. The summed E-state index contributed by atoms with van der Waals surface area (Å²) >= 11 is 0. The van der Waals surface area contributed by atoms with Gasteiger partial charge >= 0.3 is 0 Å². The van der Waals surface area contributed by atoms with Crippen molar-refractivity contribution in [3.63, 3.8) is 0 Å². The van der Waals surface area contributed by atoms with Gasteiger partial charge in [0.15, 0.2) is 5.78 Å². The van der Waals surface area contributed by atoms with Crippen molar-refractivity contribution in [3.05, 3.63) is 95.3 Å². The highest BCUT2D eigenvalue weighted by molar-refractivity contribution is 6.07. The number of methoxy groups -OCH3 is 1. The topological polar surface area (TPSA) is 98.4 Å². The molecule has 7 heteroatoms. The number of benzene rings is 3. The number of aromatic nitrogens is 2. The van der Waals surface area contributed by atoms with E-state index in [0.29, 0.717) is 35.4 Å². The Labute approximate surface area is 191 Å². The molecule has 4 aromatic rings. The molecule has 33 heavy (non-hydrogen) atoms. The Bertz CT molecular complexity index is 1320. The first-order chi connectivity index (χ1) is 16.0. The highest BCUT2D eigenvalue weighted by Crippen LogP contribution is 2.25. The van der Waals surface area contributed by atoms with E-state index in [2.05, 4.69) is 9.97 Å². The molecule has 3 aromatic carbocycles. The van der Waals surface area contributed by atoms with Gasteiger partial charge in [0.2, 0.25) is 0 Å². The number of para-hydroxylation sites is 1. The predicted octanol–water partition coefficient (Wildman–Crippen LogP) is 3.80. The van der Waals surface area contributed by atoms with Gasteiger partial charge in [-0.25, -0.2) is 9.97 Å². The minimum Gasteiger partial charge on any atom is -0.497 e. The molecule has 0 saturated carbocycles. The second kappa shape index (κ2) is 9.48. The van der Waals surface area contributed by atoms with Crippen LogP contribution < -0.4 is 15.4 Å². The molecular formula is C26H24N4O3. The highest BCUT2D eigenvalue weighted by atomic mass is 16.5. The molecular weight excluding hydrogens is 416 g/mol. The Kier molecular flexibility index (Phi) is 6.31. The largest absolute Gasteiger partial charge is 0.497 e. The summed E-state index contributed by atoms with van der Waals surface area (Å²) in [4.78, 5) is 35.1. The van der Waals surface area contributed by atoms with Gasteiger partial charge in [-0.05, 0) is 47.5 Å². The molecule has 1 heterocycles. The third-order valence-electron chi connectivity index (χ3n) is 5.46. The molecule has 1 aromatic heterocycles. The van der Waals surface area contributed by atoms with Gasteiger partial charge < -0.3 is 15.4 Å². The van der Waals surface area contributed by atoms with Crippen LogP contribution in [-0.2, 0) is 13.0 Å². The van der Waals surface area contributed by atoms with Gasteiger partial charge in [0.05, 0.1) is 18.2 Å². The van der Waals surface area contributed by atoms with E-state index in [0.717, 1.165) is 22.3 Å². The standard InChI is InChI=1S/C26H24N4O3/c1-30(26-22-8-4-7-21(25(27)32)24(22)28-16-29-26)15-18-6-3-5-17(13-18)14-23(31)19-9-11-20(33-2)12-10-19/h3-13,16H,14-15H2,1-2H3,(H2,27,32). The average molecular weight is 441 g/mol. The number of amides is 1. The molecule has 4 rings (SSSR count). The number of nitrogens with two attached hydrogens (primary N) is 1. The number of ketones is 1. The first-order valence-corrected chi connectivity index (χ1v) is 10.5. The molecule has 0 atom stereocenters. The number of nitrogens with zero attached hydrogens (tertiary/aromatic N) is 3. The number of primary amides is 1. The molecule has 0 aliphatic rings. The van der Waals surface area contributed by atoms with Crippen molar-refractivity contribution in [1.82, 2.24) is 9.97 Å². The van der Waals surface area contributed by atoms with Crippen LogP contribution >= 0.6 is 0 Å². The summed E-state index contributed by atoms with van der Waals surface area (Å²) in [6.45, 7) is 0.567. The minimum absolute atomic E-state index is 0.0453. The molecule has 7 nitrogen and oxygen atoms in total. The highest BCUT2D eigenvalue weighted by Gasteiger charge is 2.14. The zero-order valence-electron chi connectivity index (χ0n) is 18.5. The maximum absolute atomic E-state index is 12.7. The summed E-state index contributed by atoms with van der Waals surface area (Å²) in [5.74, 6) is 0.936. The Morgan fingerprint density at radius 3 is 2.42 bits per heavy atom. The van der Waals surface area contributed by atoms with Crippen molar-refractivity contribution in [3.8, 4) is 5.75 Å². The van der Waals surface area contributed by atoms with E-state index < -0.39 is 5.91 Å². The first-order valence-electron chi connectivity index (χ1n) is 10.5. The Morgan fingerprint density at radius 2 is 1.70 bits per heavy atom. The molecule has 0 aliphatic heterocycles. The zero-order chi connectivity index (χ0) is 23.4. The lowest BCUT2D eigenvalue weighted by molar-refractivity contribution is 0.0988. The van der Waals surface area contributed by atoms with E-state index in [1.807, 2.05) is 42.3 Å². The molecule has 166 valence electrons. The van der Waals surface area contributed by atoms with E-state index in [1.54, 1.807) is 43.5 Å². The smallest absolute Gasteiger partial charge is 0.250 e. The summed E-state index contributed by atoms with van der Waals surface area (Å²) in [6, 6.07) is 20.4. The quantitative estimate of drug-likeness (QED) is 0.419. The van der Waals surface area contributed by atoms with E-state index in [4.69, 9.17) is 10.5 Å². The van der Waals surface area contributed by atoms with E-state index in [1.165, 1.54) is 6.33 Å². The normalized spacial score (nSPS) is 10.7. The van der Waals surface area contributed by atoms with Crippen LogP contribution in [0.5, 0.6) is 5.75 Å². The fraction of sp³-hybridized carbons (Fsp3) is 0.154. The number of anilines is 1. The predicted molar refractivity (Wildman–Crippen MR) is 128 cm³/mol. The van der Waals surface area contributed by atoms with Crippen molar-refractivity contribution < 1.29 is 14.3 Å². The monoisotopic (exact) mass is 440 g/mol. The maximum atomic E-state index is 12.7. The summed E-state index contributed by atoms with van der Waals surface area (Å²) in [7, 11) is 3.52. The van der Waals surface area contributed by atoms with Crippen LogP contribution in [-0.4, -0.2) is 35.8 Å². The molecule has 0 saturated heterocycles. The Morgan fingerprint density at radius 1 is 0.970 bits per heavy atom. The van der Waals surface area contributed by atoms with Crippen molar-refractivity contribution in [2.75, 3.05) is 19.1 Å². The van der Waals surface area contributed by atoms with E-state index in [-0.39, 0.29) is 5.78 Å². The third-order valence-corrected chi connectivity index (χ3v) is 5.46. The fourth-order valence-electron chi connectivity index (χ4n) is 3.83. The summed E-state index contributed by atoms with van der Waals surface area (Å²) in [5.41, 5.74) is 9.01. The van der Waals surface area contributed by atoms with Gasteiger partial charge in [-0.1, -0.05) is 30.3 Å². The fourth-order valence-corrected chi connectivity index (χ4v) is 3.83. The second-order valence-electron chi connectivity index (χ2n) is 7.77. The van der Waals surface area contributed by atoms with Crippen molar-refractivity contribution >= 4 is 28.4 Å². The average Bonchev–Trinajstić information content (AvgIpc) is 2.83. The first kappa shape index (κ1) is 22.0. The molecule has 0 bridgehead atoms. The zero-order valence-corrected chi connectivity index (χ0v) is 18.5. The SMILES string of the molecule is COc1ccc(C(=O)Cc2cccc(CN(C)c3ncnc4c(C(N)=O)cccc34)c2)cc1. The van der Waals surface area contributed by atoms with Crippen molar-refractivity contribution in [2.45, 2.75) is 13.0 Å². The summed E-state index contributed by atoms with van der Waals surface area (Å²) in [6.07, 6.45) is 1.74. The molecule has 0 aliphatic carbocycles. The van der Waals surface area contributed by atoms with Crippen LogP contribution in [0, 0.1) is 0 Å². The lowest BCUT2D eigenvalue weighted by Gasteiger charge is -2.20. The Hall–Kier alpha value is -4.26. The molecule has 0 spiro atoms. The van der Waals surface area contributed by atoms with Gasteiger partial charge in [0.1, 0.15) is 17.9 Å². The van der Waals surface area contributed by atoms with Gasteiger partial charge in [-0.2, -0.15) is 0 Å². The minimum atomic E-state index is -0.526. The van der Waals surface area contributed by atoms with Crippen LogP contribution in [0.25, 0.3) is 10.9 Å². The van der Waals surface area contributed by atoms with Gasteiger partial charge in [-0.3, -0.25) is 9.59 Å². The van der Waals surface area contributed by atoms with Crippen LogP contribution in [0.3, 0.4) is 0 Å². The van der Waals surface area contributed by atoms with Crippen LogP contribution in [0.15, 0.2) is 73.1 Å². The molecule has 0 fully saturated rings. The van der Waals surface area contributed by atoms with Crippen LogP contribution in [0.4, 0.5) is 5.82 Å². The van der Waals surface area contributed by atoms with E-state index in [9.17, 15) is 9.59 Å². The van der Waals surface area contributed by atoms with Crippen molar-refractivity contribution in [2.24, 2.45) is 5.73 Å². The molecule has 0 unspecified atom stereocenters. The number of hydrogen-bond donors (Lipinski definition) is 1. The maximum Gasteiger partial charge on any atom is 0.250 e. The van der Waals surface area contributed by atoms with Crippen LogP contribution in [0.2, 0.25) is 0 Å².